The molecule has 0 aliphatic carbocycles. The number of hydrogen-bond donors (Lipinski definition) is 0. The van der Waals surface area contributed by atoms with Gasteiger partial charge in [0.25, 0.3) is 0 Å². The second-order valence-electron chi connectivity index (χ2n) is 2.14. The standard InChI is InChI=1S/C7H7N3O2/c1-8-5-4-10(2)9-6(5)7(11)12-3/h4H,2-3H3. The molecule has 0 aliphatic heterocycles. The number of esters is 1. The molecule has 62 valence electrons. The van der Waals surface area contributed by atoms with Crippen molar-refractivity contribution < 1.29 is 9.53 Å². The molecule has 1 aromatic heterocycles. The lowest BCUT2D eigenvalue weighted by atomic mass is 10.4. The summed E-state index contributed by atoms with van der Waals surface area (Å²) in [5, 5.41) is 3.78. The largest absolute Gasteiger partial charge is 0.465 e. The van der Waals surface area contributed by atoms with Gasteiger partial charge in [-0.3, -0.25) is 4.68 Å². The Morgan fingerprint density at radius 3 is 3.00 bits per heavy atom. The zero-order valence-corrected chi connectivity index (χ0v) is 6.74. The Labute approximate surface area is 69.4 Å². The first-order chi connectivity index (χ1) is 5.69. The topological polar surface area (TPSA) is 48.5 Å². The maximum atomic E-state index is 11.0. The Morgan fingerprint density at radius 2 is 2.50 bits per heavy atom. The van der Waals surface area contributed by atoms with Crippen LogP contribution in [0, 0.1) is 6.57 Å². The van der Waals surface area contributed by atoms with Crippen molar-refractivity contribution >= 4 is 11.7 Å². The Morgan fingerprint density at radius 1 is 1.83 bits per heavy atom. The molecule has 0 saturated carbocycles. The Bertz CT molecular complexity index is 348. The third-order valence-electron chi connectivity index (χ3n) is 1.31. The van der Waals surface area contributed by atoms with Crippen molar-refractivity contribution in [1.82, 2.24) is 9.78 Å². The maximum absolute atomic E-state index is 11.0. The van der Waals surface area contributed by atoms with E-state index in [1.807, 2.05) is 0 Å². The molecule has 5 heteroatoms. The van der Waals surface area contributed by atoms with Gasteiger partial charge in [-0.25, -0.2) is 9.64 Å². The van der Waals surface area contributed by atoms with E-state index in [0.717, 1.165) is 0 Å². The highest BCUT2D eigenvalue weighted by Gasteiger charge is 2.15. The summed E-state index contributed by atoms with van der Waals surface area (Å²) in [6.45, 7) is 6.73. The molecule has 0 atom stereocenters. The van der Waals surface area contributed by atoms with Gasteiger partial charge >= 0.3 is 5.97 Å². The van der Waals surface area contributed by atoms with E-state index < -0.39 is 5.97 Å². The molecule has 5 nitrogen and oxygen atoms in total. The summed E-state index contributed by atoms with van der Waals surface area (Å²) < 4.78 is 5.84. The number of carbonyl (C=O) groups is 1. The minimum atomic E-state index is -0.582. The minimum absolute atomic E-state index is 0.0648. The molecular weight excluding hydrogens is 158 g/mol. The molecule has 0 bridgehead atoms. The molecule has 0 fully saturated rings. The van der Waals surface area contributed by atoms with Crippen LogP contribution in [0.25, 0.3) is 4.85 Å². The van der Waals surface area contributed by atoms with Crippen LogP contribution in [0.15, 0.2) is 6.20 Å². The van der Waals surface area contributed by atoms with E-state index in [4.69, 9.17) is 6.57 Å². The molecule has 1 heterocycles. The third kappa shape index (κ3) is 1.27. The van der Waals surface area contributed by atoms with Crippen molar-refractivity contribution in [3.63, 3.8) is 0 Å². The van der Waals surface area contributed by atoms with Crippen molar-refractivity contribution in [1.29, 1.82) is 0 Å². The molecule has 0 aromatic carbocycles. The molecule has 1 rings (SSSR count). The lowest BCUT2D eigenvalue weighted by Gasteiger charge is -1.92. The first kappa shape index (κ1) is 8.27. The summed E-state index contributed by atoms with van der Waals surface area (Å²) in [7, 11) is 2.89. The smallest absolute Gasteiger partial charge is 0.347 e. The summed E-state index contributed by atoms with van der Waals surface area (Å²) >= 11 is 0. The minimum Gasteiger partial charge on any atom is -0.465 e. The van der Waals surface area contributed by atoms with Gasteiger partial charge in [0.2, 0.25) is 5.69 Å². The van der Waals surface area contributed by atoms with E-state index in [1.165, 1.54) is 18.0 Å². The van der Waals surface area contributed by atoms with Gasteiger partial charge in [-0.15, -0.1) is 0 Å². The van der Waals surface area contributed by atoms with E-state index >= 15 is 0 Å². The molecule has 0 aliphatic rings. The molecule has 0 unspecified atom stereocenters. The molecule has 1 aromatic rings. The van der Waals surface area contributed by atoms with Crippen molar-refractivity contribution in [3.05, 3.63) is 23.3 Å². The quantitative estimate of drug-likeness (QED) is 0.456. The Hall–Kier alpha value is -1.83. The number of aryl methyl sites for hydroxylation is 1. The van der Waals surface area contributed by atoms with Crippen molar-refractivity contribution in [2.24, 2.45) is 7.05 Å². The average Bonchev–Trinajstić information content (AvgIpc) is 2.45. The molecule has 12 heavy (non-hydrogen) atoms. The summed E-state index contributed by atoms with van der Waals surface area (Å²) in [6, 6.07) is 0. The van der Waals surface area contributed by atoms with Gasteiger partial charge in [-0.05, 0) is 0 Å². The zero-order chi connectivity index (χ0) is 9.14. The van der Waals surface area contributed by atoms with Gasteiger partial charge in [0.05, 0.1) is 13.7 Å². The number of ether oxygens (including phenoxy) is 1. The molecule has 0 amide bonds. The first-order valence-corrected chi connectivity index (χ1v) is 3.18. The van der Waals surface area contributed by atoms with Crippen LogP contribution in [0.1, 0.15) is 10.5 Å². The normalized spacial score (nSPS) is 9.08. The maximum Gasteiger partial charge on any atom is 0.347 e. The Balaban J connectivity index is 3.15. The highest BCUT2D eigenvalue weighted by Crippen LogP contribution is 2.17. The van der Waals surface area contributed by atoms with Gasteiger partial charge in [-0.1, -0.05) is 0 Å². The number of hydrogen-bond acceptors (Lipinski definition) is 3. The van der Waals surface area contributed by atoms with Crippen molar-refractivity contribution in [2.75, 3.05) is 7.11 Å². The third-order valence-corrected chi connectivity index (χ3v) is 1.31. The van der Waals surface area contributed by atoms with Crippen LogP contribution >= 0.6 is 0 Å². The fourth-order valence-corrected chi connectivity index (χ4v) is 0.800. The van der Waals surface area contributed by atoms with Crippen LogP contribution in [-0.2, 0) is 11.8 Å². The zero-order valence-electron chi connectivity index (χ0n) is 6.74. The fraction of sp³-hybridized carbons (Fsp3) is 0.286. The summed E-state index contributed by atoms with van der Waals surface area (Å²) in [6.07, 6.45) is 1.47. The van der Waals surface area contributed by atoms with Crippen molar-refractivity contribution in [2.45, 2.75) is 0 Å². The van der Waals surface area contributed by atoms with Gasteiger partial charge in [0, 0.05) is 13.2 Å². The van der Waals surface area contributed by atoms with Crippen LogP contribution in [0.4, 0.5) is 5.69 Å². The van der Waals surface area contributed by atoms with Gasteiger partial charge in [-0.2, -0.15) is 5.10 Å². The SMILES string of the molecule is [C-]#[N+]c1cn(C)nc1C(=O)OC. The summed E-state index contributed by atoms with van der Waals surface area (Å²) in [5.41, 5.74) is 0.277. The lowest BCUT2D eigenvalue weighted by molar-refractivity contribution is 0.0594. The van der Waals surface area contributed by atoms with E-state index in [1.54, 1.807) is 7.05 Å². The molecule has 0 N–H and O–H groups in total. The highest BCUT2D eigenvalue weighted by molar-refractivity contribution is 5.93. The van der Waals surface area contributed by atoms with E-state index in [0.29, 0.717) is 0 Å². The summed E-state index contributed by atoms with van der Waals surface area (Å²) in [5.74, 6) is -0.582. The van der Waals surface area contributed by atoms with Crippen LogP contribution in [0.5, 0.6) is 0 Å². The number of rotatable bonds is 1. The van der Waals surface area contributed by atoms with Gasteiger partial charge < -0.3 is 4.74 Å². The number of carbonyl (C=O) groups excluding carboxylic acids is 1. The van der Waals surface area contributed by atoms with Crippen molar-refractivity contribution in [3.8, 4) is 0 Å². The first-order valence-electron chi connectivity index (χ1n) is 3.18. The monoisotopic (exact) mass is 165 g/mol. The number of nitrogens with zero attached hydrogens (tertiary/aromatic N) is 3. The molecule has 0 spiro atoms. The van der Waals surface area contributed by atoms with Crippen LogP contribution < -0.4 is 0 Å². The fourth-order valence-electron chi connectivity index (χ4n) is 0.800. The van der Waals surface area contributed by atoms with E-state index in [9.17, 15) is 4.79 Å². The lowest BCUT2D eigenvalue weighted by Crippen LogP contribution is -2.03. The van der Waals surface area contributed by atoms with E-state index in [2.05, 4.69) is 14.7 Å². The van der Waals surface area contributed by atoms with Crippen LogP contribution in [0.3, 0.4) is 0 Å². The molecular formula is C7H7N3O2. The number of aromatic nitrogens is 2. The van der Waals surface area contributed by atoms with Crippen LogP contribution in [-0.4, -0.2) is 22.9 Å². The Kier molecular flexibility index (Phi) is 2.10. The predicted molar refractivity (Wildman–Crippen MR) is 40.8 cm³/mol. The van der Waals surface area contributed by atoms with E-state index in [-0.39, 0.29) is 11.4 Å². The highest BCUT2D eigenvalue weighted by atomic mass is 16.5. The summed E-state index contributed by atoms with van der Waals surface area (Å²) in [4.78, 5) is 14.1. The van der Waals surface area contributed by atoms with Crippen LogP contribution in [0.2, 0.25) is 0 Å². The van der Waals surface area contributed by atoms with Gasteiger partial charge in [0.15, 0.2) is 5.69 Å². The predicted octanol–water partition coefficient (Wildman–Crippen LogP) is 0.757. The number of methoxy groups -OCH3 is 1. The molecule has 0 radical (unpaired) electrons. The average molecular weight is 165 g/mol. The van der Waals surface area contributed by atoms with Gasteiger partial charge in [0.1, 0.15) is 0 Å². The second-order valence-corrected chi connectivity index (χ2v) is 2.14. The second kappa shape index (κ2) is 3.05. The molecule has 0 saturated heterocycles.